The van der Waals surface area contributed by atoms with Crippen LogP contribution < -0.4 is 14.8 Å². The summed E-state index contributed by atoms with van der Waals surface area (Å²) < 4.78 is 39.5. The third-order valence-corrected chi connectivity index (χ3v) is 6.03. The number of sulfonamides is 1. The molecule has 2 aromatic rings. The summed E-state index contributed by atoms with van der Waals surface area (Å²) in [5.74, 6) is 0.0201. The first-order chi connectivity index (χ1) is 16.4. The molecule has 0 unspecified atom stereocenters. The van der Waals surface area contributed by atoms with E-state index in [1.807, 2.05) is 20.8 Å². The van der Waals surface area contributed by atoms with Crippen molar-refractivity contribution in [3.63, 3.8) is 0 Å². The van der Waals surface area contributed by atoms with Gasteiger partial charge in [-0.3, -0.25) is 9.59 Å². The Hall–Kier alpha value is -3.73. The second-order valence-electron chi connectivity index (χ2n) is 8.81. The SMILES string of the molecule is COc1cc(C=NN(CCC(=O)NC(C)(C)C)C2=NS(=O)(=O)c3ccccc32)ccc1OC(C)=O. The fraction of sp³-hybridized carbons (Fsp3) is 0.333. The van der Waals surface area contributed by atoms with Crippen LogP contribution in [0.15, 0.2) is 56.9 Å². The number of carbonyl (C=O) groups is 2. The third-order valence-electron chi connectivity index (χ3n) is 4.71. The number of rotatable bonds is 7. The lowest BCUT2D eigenvalue weighted by molar-refractivity contribution is -0.132. The Labute approximate surface area is 204 Å². The highest BCUT2D eigenvalue weighted by atomic mass is 32.2. The van der Waals surface area contributed by atoms with Crippen LogP contribution in [0.1, 0.15) is 45.2 Å². The molecule has 1 aliphatic rings. The van der Waals surface area contributed by atoms with Crippen LogP contribution in [0, 0.1) is 0 Å². The zero-order valence-electron chi connectivity index (χ0n) is 20.2. The average molecular weight is 501 g/mol. The van der Waals surface area contributed by atoms with Gasteiger partial charge in [0.25, 0.3) is 10.0 Å². The summed E-state index contributed by atoms with van der Waals surface area (Å²) in [4.78, 5) is 23.8. The first kappa shape index (κ1) is 25.9. The number of esters is 1. The van der Waals surface area contributed by atoms with Gasteiger partial charge in [-0.2, -0.15) is 13.5 Å². The molecule has 2 aromatic carbocycles. The molecule has 1 amide bonds. The maximum absolute atomic E-state index is 12.6. The smallest absolute Gasteiger partial charge is 0.308 e. The summed E-state index contributed by atoms with van der Waals surface area (Å²) in [7, 11) is -2.43. The largest absolute Gasteiger partial charge is 0.493 e. The number of nitrogens with zero attached hydrogens (tertiary/aromatic N) is 3. The minimum Gasteiger partial charge on any atom is -0.493 e. The van der Waals surface area contributed by atoms with Crippen LogP contribution in [0.25, 0.3) is 0 Å². The molecule has 0 radical (unpaired) electrons. The van der Waals surface area contributed by atoms with Crippen LogP contribution in [0.4, 0.5) is 0 Å². The number of methoxy groups -OCH3 is 1. The lowest BCUT2D eigenvalue weighted by Crippen LogP contribution is -2.42. The van der Waals surface area contributed by atoms with Gasteiger partial charge in [-0.05, 0) is 56.7 Å². The topological polar surface area (TPSA) is 127 Å². The van der Waals surface area contributed by atoms with Gasteiger partial charge in [0, 0.05) is 24.4 Å². The molecular weight excluding hydrogens is 472 g/mol. The summed E-state index contributed by atoms with van der Waals surface area (Å²) in [6, 6.07) is 11.3. The Morgan fingerprint density at radius 2 is 1.86 bits per heavy atom. The predicted octanol–water partition coefficient (Wildman–Crippen LogP) is 2.71. The lowest BCUT2D eigenvalue weighted by atomic mass is 10.1. The van der Waals surface area contributed by atoms with Crippen LogP contribution in [-0.4, -0.2) is 56.5 Å². The normalized spacial score (nSPS) is 14.3. The van der Waals surface area contributed by atoms with E-state index in [0.717, 1.165) is 0 Å². The molecule has 3 rings (SSSR count). The van der Waals surface area contributed by atoms with Gasteiger partial charge >= 0.3 is 5.97 Å². The second-order valence-corrected chi connectivity index (χ2v) is 10.4. The molecule has 0 aromatic heterocycles. The number of nitrogens with one attached hydrogen (secondary N) is 1. The number of amidine groups is 1. The molecule has 0 atom stereocenters. The first-order valence-corrected chi connectivity index (χ1v) is 12.3. The average Bonchev–Trinajstić information content (AvgIpc) is 3.04. The number of hydrazone groups is 1. The molecule has 35 heavy (non-hydrogen) atoms. The van der Waals surface area contributed by atoms with Crippen LogP contribution in [0.5, 0.6) is 11.5 Å². The molecular formula is C24H28N4O6S. The maximum Gasteiger partial charge on any atom is 0.308 e. The van der Waals surface area contributed by atoms with E-state index in [1.54, 1.807) is 36.4 Å². The summed E-state index contributed by atoms with van der Waals surface area (Å²) in [5, 5.41) is 8.71. The zero-order chi connectivity index (χ0) is 25.8. The summed E-state index contributed by atoms with van der Waals surface area (Å²) in [5.41, 5.74) is 0.590. The van der Waals surface area contributed by atoms with Gasteiger partial charge < -0.3 is 14.8 Å². The van der Waals surface area contributed by atoms with Crippen molar-refractivity contribution < 1.29 is 27.5 Å². The molecule has 0 aliphatic carbocycles. The predicted molar refractivity (Wildman–Crippen MR) is 131 cm³/mol. The third kappa shape index (κ3) is 6.66. The first-order valence-electron chi connectivity index (χ1n) is 10.8. The fourth-order valence-corrected chi connectivity index (χ4v) is 4.53. The van der Waals surface area contributed by atoms with Crippen LogP contribution in [0.3, 0.4) is 0 Å². The molecule has 1 N–H and O–H groups in total. The van der Waals surface area contributed by atoms with E-state index >= 15 is 0 Å². The van der Waals surface area contributed by atoms with E-state index < -0.39 is 21.5 Å². The second kappa shape index (κ2) is 10.3. The Morgan fingerprint density at radius 1 is 1.14 bits per heavy atom. The molecule has 1 aliphatic heterocycles. The van der Waals surface area contributed by atoms with Crippen molar-refractivity contribution in [3.8, 4) is 11.5 Å². The molecule has 1 heterocycles. The standard InChI is InChI=1S/C24H28N4O6S/c1-16(29)34-19-11-10-17(14-20(19)33-5)15-25-28(13-12-22(30)26-24(2,3)4)23-18-8-6-7-9-21(18)35(31,32)27-23/h6-11,14-15H,12-13H2,1-5H3,(H,26,30). The van der Waals surface area contributed by atoms with Gasteiger partial charge in [-0.15, -0.1) is 4.40 Å². The van der Waals surface area contributed by atoms with E-state index in [4.69, 9.17) is 9.47 Å². The molecule has 0 fully saturated rings. The van der Waals surface area contributed by atoms with E-state index in [9.17, 15) is 18.0 Å². The zero-order valence-corrected chi connectivity index (χ0v) is 21.0. The number of carbonyl (C=O) groups excluding carboxylic acids is 2. The van der Waals surface area contributed by atoms with Gasteiger partial charge in [0.15, 0.2) is 17.3 Å². The molecule has 10 nitrogen and oxygen atoms in total. The monoisotopic (exact) mass is 500 g/mol. The fourth-order valence-electron chi connectivity index (χ4n) is 3.32. The highest BCUT2D eigenvalue weighted by Crippen LogP contribution is 2.29. The lowest BCUT2D eigenvalue weighted by Gasteiger charge is -2.22. The molecule has 186 valence electrons. The van der Waals surface area contributed by atoms with E-state index in [-0.39, 0.29) is 35.4 Å². The van der Waals surface area contributed by atoms with Gasteiger partial charge in [0.2, 0.25) is 5.91 Å². The minimum atomic E-state index is -3.87. The number of amides is 1. The van der Waals surface area contributed by atoms with Crippen molar-refractivity contribution in [1.82, 2.24) is 10.3 Å². The van der Waals surface area contributed by atoms with E-state index in [2.05, 4.69) is 14.8 Å². The quantitative estimate of drug-likeness (QED) is 0.268. The summed E-state index contributed by atoms with van der Waals surface area (Å²) in [6.45, 7) is 6.99. The molecule has 0 saturated heterocycles. The highest BCUT2D eigenvalue weighted by Gasteiger charge is 2.32. The maximum atomic E-state index is 12.6. The number of ether oxygens (including phenoxy) is 2. The Morgan fingerprint density at radius 3 is 2.51 bits per heavy atom. The van der Waals surface area contributed by atoms with Crippen molar-refractivity contribution in [2.75, 3.05) is 13.7 Å². The van der Waals surface area contributed by atoms with Crippen LogP contribution in [-0.2, 0) is 19.6 Å². The van der Waals surface area contributed by atoms with E-state index in [1.165, 1.54) is 31.3 Å². The number of hydrogen-bond donors (Lipinski definition) is 1. The Bertz CT molecular complexity index is 1300. The molecule has 0 bridgehead atoms. The van der Waals surface area contributed by atoms with Crippen molar-refractivity contribution >= 4 is 33.9 Å². The number of hydrogen-bond acceptors (Lipinski definition) is 8. The van der Waals surface area contributed by atoms with Gasteiger partial charge in [-0.25, -0.2) is 5.01 Å². The van der Waals surface area contributed by atoms with Crippen molar-refractivity contribution in [2.45, 2.75) is 44.6 Å². The van der Waals surface area contributed by atoms with Crippen molar-refractivity contribution in [1.29, 1.82) is 0 Å². The Balaban J connectivity index is 1.93. The summed E-state index contributed by atoms with van der Waals surface area (Å²) in [6.07, 6.45) is 1.54. The summed E-state index contributed by atoms with van der Waals surface area (Å²) >= 11 is 0. The minimum absolute atomic E-state index is 0.0601. The van der Waals surface area contributed by atoms with Crippen molar-refractivity contribution in [3.05, 3.63) is 53.6 Å². The van der Waals surface area contributed by atoms with Gasteiger partial charge in [-0.1, -0.05) is 12.1 Å². The highest BCUT2D eigenvalue weighted by molar-refractivity contribution is 7.90. The van der Waals surface area contributed by atoms with Crippen LogP contribution in [0.2, 0.25) is 0 Å². The molecule has 0 spiro atoms. The molecule has 11 heteroatoms. The molecule has 0 saturated carbocycles. The van der Waals surface area contributed by atoms with Gasteiger partial charge in [0.05, 0.1) is 19.9 Å². The van der Waals surface area contributed by atoms with Gasteiger partial charge in [0.1, 0.15) is 4.90 Å². The van der Waals surface area contributed by atoms with Crippen molar-refractivity contribution in [2.24, 2.45) is 9.50 Å². The Kier molecular flexibility index (Phi) is 7.59. The van der Waals surface area contributed by atoms with E-state index in [0.29, 0.717) is 16.9 Å². The number of fused-ring (bicyclic) bond motifs is 1. The number of benzene rings is 2. The van der Waals surface area contributed by atoms with Crippen LogP contribution >= 0.6 is 0 Å².